The first kappa shape index (κ1) is 15.0. The third-order valence-corrected chi connectivity index (χ3v) is 3.16. The topological polar surface area (TPSA) is 55.4 Å². The normalized spacial score (nSPS) is 10.3. The molecular formula is C17H19NO3. The van der Waals surface area contributed by atoms with Crippen LogP contribution in [0.2, 0.25) is 0 Å². The highest BCUT2D eigenvalue weighted by molar-refractivity contribution is 5.98. The molecule has 0 radical (unpaired) electrons. The number of ether oxygens (including phenoxy) is 1. The zero-order chi connectivity index (χ0) is 15.1. The molecule has 2 aromatic rings. The Balaban J connectivity index is 1.86. The van der Waals surface area contributed by atoms with Crippen LogP contribution in [0.3, 0.4) is 0 Å². The van der Waals surface area contributed by atoms with E-state index in [1.807, 2.05) is 42.5 Å². The number of fused-ring (bicyclic) bond motifs is 1. The number of nitrogens with one attached hydrogen (secondary N) is 1. The Kier molecular flexibility index (Phi) is 5.32. The van der Waals surface area contributed by atoms with Crippen molar-refractivity contribution in [2.24, 2.45) is 0 Å². The zero-order valence-corrected chi connectivity index (χ0v) is 12.1. The lowest BCUT2D eigenvalue weighted by atomic mass is 10.1. The van der Waals surface area contributed by atoms with Crippen LogP contribution >= 0.6 is 0 Å². The summed E-state index contributed by atoms with van der Waals surface area (Å²) in [6.07, 6.45) is 0.907. The van der Waals surface area contributed by atoms with E-state index in [1.54, 1.807) is 6.92 Å². The van der Waals surface area contributed by atoms with E-state index in [-0.39, 0.29) is 11.9 Å². The van der Waals surface area contributed by atoms with Crippen molar-refractivity contribution in [2.45, 2.75) is 19.8 Å². The third-order valence-electron chi connectivity index (χ3n) is 3.16. The average molecular weight is 285 g/mol. The van der Waals surface area contributed by atoms with Crippen molar-refractivity contribution in [1.29, 1.82) is 0 Å². The third kappa shape index (κ3) is 4.31. The van der Waals surface area contributed by atoms with Crippen LogP contribution in [-0.2, 0) is 9.53 Å². The van der Waals surface area contributed by atoms with Gasteiger partial charge in [0, 0.05) is 18.5 Å². The summed E-state index contributed by atoms with van der Waals surface area (Å²) in [4.78, 5) is 23.2. The second-order valence-electron chi connectivity index (χ2n) is 4.73. The predicted octanol–water partition coefficient (Wildman–Crippen LogP) is 2.91. The molecule has 4 heteroatoms. The predicted molar refractivity (Wildman–Crippen MR) is 82.1 cm³/mol. The van der Waals surface area contributed by atoms with Gasteiger partial charge in [-0.15, -0.1) is 0 Å². The SMILES string of the molecule is CCOC(=O)CCCNC(=O)c1ccc2ccccc2c1. The Morgan fingerprint density at radius 1 is 1.10 bits per heavy atom. The zero-order valence-electron chi connectivity index (χ0n) is 12.1. The van der Waals surface area contributed by atoms with Crippen LogP contribution in [0, 0.1) is 0 Å². The molecule has 0 saturated carbocycles. The number of hydrogen-bond acceptors (Lipinski definition) is 3. The van der Waals surface area contributed by atoms with Gasteiger partial charge in [-0.25, -0.2) is 0 Å². The summed E-state index contributed by atoms with van der Waals surface area (Å²) in [5.41, 5.74) is 0.629. The van der Waals surface area contributed by atoms with E-state index in [9.17, 15) is 9.59 Å². The van der Waals surface area contributed by atoms with Crippen LogP contribution in [0.25, 0.3) is 10.8 Å². The number of carbonyl (C=O) groups excluding carboxylic acids is 2. The molecule has 1 amide bonds. The van der Waals surface area contributed by atoms with Gasteiger partial charge in [-0.3, -0.25) is 9.59 Å². The summed E-state index contributed by atoms with van der Waals surface area (Å²) < 4.78 is 4.83. The van der Waals surface area contributed by atoms with Crippen molar-refractivity contribution in [3.05, 3.63) is 48.0 Å². The Labute approximate surface area is 124 Å². The first-order valence-corrected chi connectivity index (χ1v) is 7.13. The van der Waals surface area contributed by atoms with Gasteiger partial charge in [0.25, 0.3) is 5.91 Å². The molecule has 0 bridgehead atoms. The van der Waals surface area contributed by atoms with Crippen LogP contribution in [-0.4, -0.2) is 25.0 Å². The lowest BCUT2D eigenvalue weighted by molar-refractivity contribution is -0.143. The molecule has 0 aliphatic carbocycles. The molecule has 2 aromatic carbocycles. The lowest BCUT2D eigenvalue weighted by Crippen LogP contribution is -2.25. The number of hydrogen-bond donors (Lipinski definition) is 1. The summed E-state index contributed by atoms with van der Waals surface area (Å²) in [6.45, 7) is 2.63. The molecule has 0 saturated heterocycles. The molecule has 0 aliphatic rings. The maximum absolute atomic E-state index is 12.0. The number of amides is 1. The number of carbonyl (C=O) groups is 2. The molecule has 2 rings (SSSR count). The minimum atomic E-state index is -0.225. The van der Waals surface area contributed by atoms with Gasteiger partial charge in [-0.05, 0) is 36.2 Å². The molecule has 110 valence electrons. The van der Waals surface area contributed by atoms with Crippen LogP contribution in [0.4, 0.5) is 0 Å². The monoisotopic (exact) mass is 285 g/mol. The number of benzene rings is 2. The van der Waals surface area contributed by atoms with Crippen molar-refractivity contribution in [3.8, 4) is 0 Å². The molecule has 0 spiro atoms. The van der Waals surface area contributed by atoms with E-state index in [1.165, 1.54) is 0 Å². The average Bonchev–Trinajstić information content (AvgIpc) is 2.51. The second-order valence-corrected chi connectivity index (χ2v) is 4.73. The van der Waals surface area contributed by atoms with E-state index in [0.29, 0.717) is 31.6 Å². The van der Waals surface area contributed by atoms with Crippen molar-refractivity contribution < 1.29 is 14.3 Å². The highest BCUT2D eigenvalue weighted by Gasteiger charge is 2.06. The van der Waals surface area contributed by atoms with Crippen molar-refractivity contribution in [1.82, 2.24) is 5.32 Å². The molecule has 1 N–H and O–H groups in total. The van der Waals surface area contributed by atoms with E-state index >= 15 is 0 Å². The van der Waals surface area contributed by atoms with Gasteiger partial charge < -0.3 is 10.1 Å². The Hall–Kier alpha value is -2.36. The first-order valence-electron chi connectivity index (χ1n) is 7.13. The summed E-state index contributed by atoms with van der Waals surface area (Å²) in [5, 5.41) is 4.96. The Morgan fingerprint density at radius 3 is 2.62 bits per heavy atom. The smallest absolute Gasteiger partial charge is 0.305 e. The largest absolute Gasteiger partial charge is 0.466 e. The van der Waals surface area contributed by atoms with Crippen LogP contribution in [0.1, 0.15) is 30.1 Å². The molecule has 0 aliphatic heterocycles. The van der Waals surface area contributed by atoms with Gasteiger partial charge in [0.05, 0.1) is 6.61 Å². The van der Waals surface area contributed by atoms with Crippen molar-refractivity contribution in [3.63, 3.8) is 0 Å². The molecule has 0 atom stereocenters. The summed E-state index contributed by atoms with van der Waals surface area (Å²) in [6, 6.07) is 13.5. The Bertz CT molecular complexity index is 637. The van der Waals surface area contributed by atoms with E-state index in [4.69, 9.17) is 4.74 Å². The maximum Gasteiger partial charge on any atom is 0.305 e. The fourth-order valence-electron chi connectivity index (χ4n) is 2.10. The molecule has 0 aromatic heterocycles. The van der Waals surface area contributed by atoms with Gasteiger partial charge in [-0.2, -0.15) is 0 Å². The van der Waals surface area contributed by atoms with Crippen LogP contribution in [0.5, 0.6) is 0 Å². The second kappa shape index (κ2) is 7.43. The lowest BCUT2D eigenvalue weighted by Gasteiger charge is -2.06. The fourth-order valence-corrected chi connectivity index (χ4v) is 2.10. The molecule has 0 fully saturated rings. The first-order chi connectivity index (χ1) is 10.2. The number of esters is 1. The van der Waals surface area contributed by atoms with Gasteiger partial charge in [-0.1, -0.05) is 30.3 Å². The molecular weight excluding hydrogens is 266 g/mol. The summed E-state index contributed by atoms with van der Waals surface area (Å²) >= 11 is 0. The maximum atomic E-state index is 12.0. The van der Waals surface area contributed by atoms with Gasteiger partial charge >= 0.3 is 5.97 Å². The summed E-state index contributed by atoms with van der Waals surface area (Å²) in [5.74, 6) is -0.345. The van der Waals surface area contributed by atoms with Crippen molar-refractivity contribution in [2.75, 3.05) is 13.2 Å². The highest BCUT2D eigenvalue weighted by atomic mass is 16.5. The van der Waals surface area contributed by atoms with Crippen LogP contribution in [0.15, 0.2) is 42.5 Å². The van der Waals surface area contributed by atoms with Crippen LogP contribution < -0.4 is 5.32 Å². The van der Waals surface area contributed by atoms with Crippen molar-refractivity contribution >= 4 is 22.6 Å². The quantitative estimate of drug-likeness (QED) is 0.656. The molecule has 0 heterocycles. The Morgan fingerprint density at radius 2 is 1.86 bits per heavy atom. The molecule has 21 heavy (non-hydrogen) atoms. The standard InChI is InChI=1S/C17H19NO3/c1-2-21-16(19)8-5-11-18-17(20)15-10-9-13-6-3-4-7-14(13)12-15/h3-4,6-7,9-10,12H,2,5,8,11H2,1H3,(H,18,20). The summed E-state index contributed by atoms with van der Waals surface area (Å²) in [7, 11) is 0. The number of rotatable bonds is 6. The minimum Gasteiger partial charge on any atom is -0.466 e. The van der Waals surface area contributed by atoms with Gasteiger partial charge in [0.1, 0.15) is 0 Å². The minimum absolute atomic E-state index is 0.121. The molecule has 0 unspecified atom stereocenters. The van der Waals surface area contributed by atoms with Gasteiger partial charge in [0.15, 0.2) is 0 Å². The van der Waals surface area contributed by atoms with E-state index in [0.717, 1.165) is 10.8 Å². The van der Waals surface area contributed by atoms with E-state index in [2.05, 4.69) is 5.32 Å². The molecule has 4 nitrogen and oxygen atoms in total. The van der Waals surface area contributed by atoms with E-state index < -0.39 is 0 Å². The fraction of sp³-hybridized carbons (Fsp3) is 0.294. The van der Waals surface area contributed by atoms with Gasteiger partial charge in [0.2, 0.25) is 0 Å². The highest BCUT2D eigenvalue weighted by Crippen LogP contribution is 2.15.